The number of hydrogen-bond acceptors (Lipinski definition) is 3. The molecule has 1 aliphatic heterocycles. The van der Waals surface area contributed by atoms with E-state index >= 15 is 0 Å². The van der Waals surface area contributed by atoms with Crippen LogP contribution in [-0.2, 0) is 0 Å². The highest BCUT2D eigenvalue weighted by atomic mass is 19.4. The van der Waals surface area contributed by atoms with E-state index < -0.39 is 18.3 Å². The zero-order chi connectivity index (χ0) is 19.9. The van der Waals surface area contributed by atoms with Gasteiger partial charge in [0.2, 0.25) is 0 Å². The molecular weight excluding hydrogens is 367 g/mol. The molecule has 0 aliphatic carbocycles. The third-order valence-corrected chi connectivity index (χ3v) is 5.41. The summed E-state index contributed by atoms with van der Waals surface area (Å²) >= 11 is 0. The molecule has 1 fully saturated rings. The van der Waals surface area contributed by atoms with Gasteiger partial charge in [0.05, 0.1) is 17.0 Å². The zero-order valence-corrected chi connectivity index (χ0v) is 15.5. The van der Waals surface area contributed by atoms with Gasteiger partial charge in [-0.2, -0.15) is 13.2 Å². The van der Waals surface area contributed by atoms with E-state index in [1.165, 1.54) is 4.90 Å². The standard InChI is InChI=1S/C21H22F3N3O/c1-14-4-2-6-17(10-14)27-13-25-18-11-15(7-8-19(18)27)20(28)26-9-3-5-16(12-26)21(22,23)24/h2,4,6-8,10-11,13,16,20,28H,3,5,9,12H2,1H3. The van der Waals surface area contributed by atoms with Gasteiger partial charge in [0.1, 0.15) is 12.6 Å². The Labute approximate surface area is 161 Å². The van der Waals surface area contributed by atoms with E-state index in [-0.39, 0.29) is 13.0 Å². The molecule has 1 N–H and O–H groups in total. The lowest BCUT2D eigenvalue weighted by atomic mass is 9.96. The number of aliphatic hydroxyl groups is 1. The Morgan fingerprint density at radius 3 is 2.75 bits per heavy atom. The van der Waals surface area contributed by atoms with Gasteiger partial charge in [0, 0.05) is 18.8 Å². The van der Waals surface area contributed by atoms with Crippen LogP contribution in [0.25, 0.3) is 16.7 Å². The molecule has 7 heteroatoms. The molecule has 1 aliphatic rings. The molecule has 2 atom stereocenters. The van der Waals surface area contributed by atoms with Gasteiger partial charge in [0.25, 0.3) is 0 Å². The number of imidazole rings is 1. The van der Waals surface area contributed by atoms with Crippen molar-refractivity contribution < 1.29 is 18.3 Å². The van der Waals surface area contributed by atoms with Gasteiger partial charge in [-0.25, -0.2) is 4.98 Å². The van der Waals surface area contributed by atoms with Crippen LogP contribution < -0.4 is 0 Å². The first-order chi connectivity index (χ1) is 13.3. The first kappa shape index (κ1) is 19.0. The van der Waals surface area contributed by atoms with Crippen LogP contribution in [0.15, 0.2) is 48.8 Å². The summed E-state index contributed by atoms with van der Waals surface area (Å²) in [6, 6.07) is 13.4. The molecule has 28 heavy (non-hydrogen) atoms. The molecule has 2 heterocycles. The number of aliphatic hydroxyl groups excluding tert-OH is 1. The van der Waals surface area contributed by atoms with Gasteiger partial charge in [-0.15, -0.1) is 0 Å². The fourth-order valence-corrected chi connectivity index (χ4v) is 3.88. The maximum absolute atomic E-state index is 13.1. The van der Waals surface area contributed by atoms with Gasteiger partial charge in [-0.3, -0.25) is 9.47 Å². The highest BCUT2D eigenvalue weighted by Crippen LogP contribution is 2.35. The Morgan fingerprint density at radius 2 is 2.00 bits per heavy atom. The van der Waals surface area contributed by atoms with Crippen molar-refractivity contribution in [2.75, 3.05) is 13.1 Å². The summed E-state index contributed by atoms with van der Waals surface area (Å²) in [5.74, 6) is -1.39. The number of hydrogen-bond donors (Lipinski definition) is 1. The number of rotatable bonds is 3. The molecule has 148 valence electrons. The first-order valence-electron chi connectivity index (χ1n) is 9.36. The minimum atomic E-state index is -4.23. The molecule has 2 unspecified atom stereocenters. The van der Waals surface area contributed by atoms with Crippen LogP contribution in [0.4, 0.5) is 13.2 Å². The van der Waals surface area contributed by atoms with E-state index in [4.69, 9.17) is 0 Å². The van der Waals surface area contributed by atoms with Crippen LogP contribution in [0.2, 0.25) is 0 Å². The molecule has 2 aromatic carbocycles. The number of aryl methyl sites for hydroxylation is 1. The number of likely N-dealkylation sites (tertiary alicyclic amines) is 1. The molecule has 0 amide bonds. The van der Waals surface area contributed by atoms with Crippen molar-refractivity contribution in [1.82, 2.24) is 14.5 Å². The fourth-order valence-electron chi connectivity index (χ4n) is 3.88. The number of fused-ring (bicyclic) bond motifs is 1. The quantitative estimate of drug-likeness (QED) is 0.712. The van der Waals surface area contributed by atoms with Crippen molar-refractivity contribution in [3.05, 3.63) is 59.9 Å². The topological polar surface area (TPSA) is 41.3 Å². The molecule has 4 rings (SSSR count). The van der Waals surface area contributed by atoms with Crippen LogP contribution in [-0.4, -0.2) is 38.8 Å². The lowest BCUT2D eigenvalue weighted by Crippen LogP contribution is -2.43. The van der Waals surface area contributed by atoms with Crippen molar-refractivity contribution in [2.45, 2.75) is 32.2 Å². The summed E-state index contributed by atoms with van der Waals surface area (Å²) in [5, 5.41) is 10.7. The highest BCUT2D eigenvalue weighted by molar-refractivity contribution is 5.78. The predicted octanol–water partition coefficient (Wildman–Crippen LogP) is 4.60. The fraction of sp³-hybridized carbons (Fsp3) is 0.381. The minimum Gasteiger partial charge on any atom is -0.374 e. The van der Waals surface area contributed by atoms with Crippen molar-refractivity contribution >= 4 is 11.0 Å². The van der Waals surface area contributed by atoms with Crippen LogP contribution in [0, 0.1) is 12.8 Å². The first-order valence-corrected chi connectivity index (χ1v) is 9.36. The second kappa shape index (κ2) is 7.22. The normalized spacial score (nSPS) is 19.8. The molecule has 3 aromatic rings. The molecule has 4 nitrogen and oxygen atoms in total. The highest BCUT2D eigenvalue weighted by Gasteiger charge is 2.42. The van der Waals surface area contributed by atoms with E-state index in [1.807, 2.05) is 35.8 Å². The van der Waals surface area contributed by atoms with Crippen molar-refractivity contribution in [3.8, 4) is 5.69 Å². The Kier molecular flexibility index (Phi) is 4.89. The van der Waals surface area contributed by atoms with E-state index in [0.717, 1.165) is 16.8 Å². The van der Waals surface area contributed by atoms with Gasteiger partial charge in [-0.1, -0.05) is 18.2 Å². The lowest BCUT2D eigenvalue weighted by molar-refractivity contribution is -0.194. The molecular formula is C21H22F3N3O. The van der Waals surface area contributed by atoms with E-state index in [0.29, 0.717) is 24.0 Å². The molecule has 0 radical (unpaired) electrons. The third-order valence-electron chi connectivity index (χ3n) is 5.41. The summed E-state index contributed by atoms with van der Waals surface area (Å²) in [6.07, 6.45) is -3.04. The molecule has 0 bridgehead atoms. The van der Waals surface area contributed by atoms with Crippen molar-refractivity contribution in [1.29, 1.82) is 0 Å². The van der Waals surface area contributed by atoms with Crippen LogP contribution in [0.5, 0.6) is 0 Å². The summed E-state index contributed by atoms with van der Waals surface area (Å²) < 4.78 is 41.1. The Balaban J connectivity index is 1.60. The second-order valence-electron chi connectivity index (χ2n) is 7.45. The summed E-state index contributed by atoms with van der Waals surface area (Å²) in [6.45, 7) is 2.29. The number of alkyl halides is 3. The van der Waals surface area contributed by atoms with E-state index in [2.05, 4.69) is 11.1 Å². The van der Waals surface area contributed by atoms with Crippen LogP contribution in [0.3, 0.4) is 0 Å². The number of benzene rings is 2. The SMILES string of the molecule is Cc1cccc(-n2cnc3cc(C(O)N4CCCC(C(F)(F)F)C4)ccc32)c1. The zero-order valence-electron chi connectivity index (χ0n) is 15.5. The van der Waals surface area contributed by atoms with E-state index in [9.17, 15) is 18.3 Å². The predicted molar refractivity (Wildman–Crippen MR) is 101 cm³/mol. The van der Waals surface area contributed by atoms with Gasteiger partial charge >= 0.3 is 6.18 Å². The number of aromatic nitrogens is 2. The smallest absolute Gasteiger partial charge is 0.374 e. The van der Waals surface area contributed by atoms with Gasteiger partial charge in [0.15, 0.2) is 0 Å². The van der Waals surface area contributed by atoms with E-state index in [1.54, 1.807) is 18.5 Å². The summed E-state index contributed by atoms with van der Waals surface area (Å²) in [5.41, 5.74) is 4.26. The molecule has 1 saturated heterocycles. The van der Waals surface area contributed by atoms with Crippen molar-refractivity contribution in [2.24, 2.45) is 5.92 Å². The second-order valence-corrected chi connectivity index (χ2v) is 7.45. The Bertz CT molecular complexity index is 982. The molecule has 0 saturated carbocycles. The number of halogens is 3. The van der Waals surface area contributed by atoms with Gasteiger partial charge in [-0.05, 0) is 55.2 Å². The lowest BCUT2D eigenvalue weighted by Gasteiger charge is -2.36. The van der Waals surface area contributed by atoms with Crippen LogP contribution in [0.1, 0.15) is 30.2 Å². The third kappa shape index (κ3) is 3.64. The monoisotopic (exact) mass is 389 g/mol. The van der Waals surface area contributed by atoms with Gasteiger partial charge < -0.3 is 5.11 Å². The average molecular weight is 389 g/mol. The Morgan fingerprint density at radius 1 is 1.18 bits per heavy atom. The largest absolute Gasteiger partial charge is 0.393 e. The Hall–Kier alpha value is -2.38. The van der Waals surface area contributed by atoms with Crippen LogP contribution >= 0.6 is 0 Å². The molecule has 1 aromatic heterocycles. The van der Waals surface area contributed by atoms with Crippen molar-refractivity contribution in [3.63, 3.8) is 0 Å². The average Bonchev–Trinajstić information content (AvgIpc) is 3.10. The number of nitrogens with zero attached hydrogens (tertiary/aromatic N) is 3. The molecule has 0 spiro atoms. The number of piperidine rings is 1. The minimum absolute atomic E-state index is 0.118. The maximum atomic E-state index is 13.1. The summed E-state index contributed by atoms with van der Waals surface area (Å²) in [7, 11) is 0. The maximum Gasteiger partial charge on any atom is 0.393 e. The summed E-state index contributed by atoms with van der Waals surface area (Å²) in [4.78, 5) is 5.92.